The summed E-state index contributed by atoms with van der Waals surface area (Å²) in [5.41, 5.74) is 4.20. The van der Waals surface area contributed by atoms with Crippen LogP contribution in [0.2, 0.25) is 0 Å². The molecular formula is C17H18BrNO. The number of benzene rings is 2. The zero-order valence-corrected chi connectivity index (χ0v) is 13.3. The molecule has 0 spiro atoms. The van der Waals surface area contributed by atoms with Crippen molar-refractivity contribution in [2.24, 2.45) is 5.16 Å². The Labute approximate surface area is 128 Å². The fourth-order valence-corrected chi connectivity index (χ4v) is 2.18. The van der Waals surface area contributed by atoms with Crippen LogP contribution < -0.4 is 0 Å². The largest absolute Gasteiger partial charge is 0.393 e. The molecule has 0 aliphatic rings. The van der Waals surface area contributed by atoms with Crippen molar-refractivity contribution in [2.75, 3.05) is 0 Å². The van der Waals surface area contributed by atoms with Crippen LogP contribution in [0.1, 0.15) is 30.5 Å². The van der Waals surface area contributed by atoms with Crippen LogP contribution in [0.15, 0.2) is 59.8 Å². The van der Waals surface area contributed by atoms with Crippen LogP contribution in [-0.4, -0.2) is 11.8 Å². The van der Waals surface area contributed by atoms with Crippen molar-refractivity contribution in [1.29, 1.82) is 0 Å². The van der Waals surface area contributed by atoms with E-state index in [2.05, 4.69) is 39.3 Å². The van der Waals surface area contributed by atoms with E-state index in [9.17, 15) is 0 Å². The van der Waals surface area contributed by atoms with E-state index in [0.29, 0.717) is 0 Å². The highest BCUT2D eigenvalue weighted by molar-refractivity contribution is 9.08. The molecule has 0 aromatic heterocycles. The molecule has 0 bridgehead atoms. The molecule has 0 heterocycles. The highest BCUT2D eigenvalue weighted by Crippen LogP contribution is 2.15. The van der Waals surface area contributed by atoms with Gasteiger partial charge in [0.15, 0.2) is 0 Å². The van der Waals surface area contributed by atoms with Crippen molar-refractivity contribution in [2.45, 2.75) is 25.3 Å². The van der Waals surface area contributed by atoms with Gasteiger partial charge in [-0.15, -0.1) is 0 Å². The summed E-state index contributed by atoms with van der Waals surface area (Å²) >= 11 is 3.49. The van der Waals surface area contributed by atoms with Gasteiger partial charge < -0.3 is 4.84 Å². The highest BCUT2D eigenvalue weighted by Gasteiger charge is 2.09. The van der Waals surface area contributed by atoms with Gasteiger partial charge in [0.25, 0.3) is 0 Å². The molecule has 0 aliphatic carbocycles. The van der Waals surface area contributed by atoms with Gasteiger partial charge in [0.2, 0.25) is 0 Å². The summed E-state index contributed by atoms with van der Waals surface area (Å²) < 4.78 is 0. The van der Waals surface area contributed by atoms with Gasteiger partial charge in [-0.1, -0.05) is 69.6 Å². The van der Waals surface area contributed by atoms with Crippen molar-refractivity contribution in [3.05, 3.63) is 71.3 Å². The summed E-state index contributed by atoms with van der Waals surface area (Å²) in [4.78, 5) is 5.46. The van der Waals surface area contributed by atoms with E-state index in [1.165, 1.54) is 5.56 Å². The van der Waals surface area contributed by atoms with Crippen LogP contribution in [0.4, 0.5) is 0 Å². The van der Waals surface area contributed by atoms with E-state index in [4.69, 9.17) is 4.84 Å². The fraction of sp³-hybridized carbons (Fsp3) is 0.235. The van der Waals surface area contributed by atoms with Crippen LogP contribution in [-0.2, 0) is 10.2 Å². The summed E-state index contributed by atoms with van der Waals surface area (Å²) in [6.45, 7) is 3.95. The standard InChI is InChI=1S/C17H18BrNO/c1-13(2)20-19-17(15-8-4-3-5-9-15)16-10-6-7-14(11-16)12-18/h3-11,13H,12H2,1-2H3/b19-17+. The first kappa shape index (κ1) is 14.8. The molecule has 0 amide bonds. The van der Waals surface area contributed by atoms with Crippen molar-refractivity contribution in [1.82, 2.24) is 0 Å². The first-order valence-electron chi connectivity index (χ1n) is 6.65. The Bertz CT molecular complexity index is 579. The van der Waals surface area contributed by atoms with Gasteiger partial charge in [-0.25, -0.2) is 0 Å². The van der Waals surface area contributed by atoms with Gasteiger partial charge >= 0.3 is 0 Å². The summed E-state index contributed by atoms with van der Waals surface area (Å²) in [5, 5.41) is 5.17. The molecule has 104 valence electrons. The molecule has 0 aliphatic heterocycles. The van der Waals surface area contributed by atoms with Gasteiger partial charge in [-0.3, -0.25) is 0 Å². The summed E-state index contributed by atoms with van der Waals surface area (Å²) in [5.74, 6) is 0. The van der Waals surface area contributed by atoms with E-state index in [0.717, 1.165) is 22.2 Å². The van der Waals surface area contributed by atoms with Crippen LogP contribution >= 0.6 is 15.9 Å². The molecule has 0 saturated carbocycles. The Kier molecular flexibility index (Phi) is 5.36. The molecule has 0 radical (unpaired) electrons. The topological polar surface area (TPSA) is 21.6 Å². The quantitative estimate of drug-likeness (QED) is 0.439. The van der Waals surface area contributed by atoms with Crippen molar-refractivity contribution < 1.29 is 4.84 Å². The minimum absolute atomic E-state index is 0.0630. The monoisotopic (exact) mass is 331 g/mol. The van der Waals surface area contributed by atoms with Gasteiger partial charge in [0.1, 0.15) is 11.8 Å². The predicted molar refractivity (Wildman–Crippen MR) is 87.4 cm³/mol. The first-order valence-corrected chi connectivity index (χ1v) is 7.77. The minimum Gasteiger partial charge on any atom is -0.393 e. The fourth-order valence-electron chi connectivity index (χ4n) is 1.83. The van der Waals surface area contributed by atoms with E-state index < -0.39 is 0 Å². The van der Waals surface area contributed by atoms with Crippen molar-refractivity contribution in [3.8, 4) is 0 Å². The summed E-state index contributed by atoms with van der Waals surface area (Å²) in [6, 6.07) is 18.4. The van der Waals surface area contributed by atoms with Crippen molar-refractivity contribution >= 4 is 21.6 Å². The predicted octanol–water partition coefficient (Wildman–Crippen LogP) is 4.76. The van der Waals surface area contributed by atoms with E-state index in [1.54, 1.807) is 0 Å². The minimum atomic E-state index is 0.0630. The number of oxime groups is 1. The van der Waals surface area contributed by atoms with E-state index in [1.807, 2.05) is 50.2 Å². The smallest absolute Gasteiger partial charge is 0.122 e. The summed E-state index contributed by atoms with van der Waals surface area (Å²) in [6.07, 6.45) is 0.0630. The average Bonchev–Trinajstić information content (AvgIpc) is 2.48. The maximum atomic E-state index is 5.46. The van der Waals surface area contributed by atoms with Gasteiger partial charge in [0, 0.05) is 16.5 Å². The number of hydrogen-bond acceptors (Lipinski definition) is 2. The molecule has 3 heteroatoms. The third-order valence-corrected chi connectivity index (χ3v) is 3.40. The van der Waals surface area contributed by atoms with Gasteiger partial charge in [-0.2, -0.15) is 0 Å². The Hall–Kier alpha value is -1.61. The lowest BCUT2D eigenvalue weighted by molar-refractivity contribution is 0.0863. The molecule has 2 aromatic rings. The zero-order valence-electron chi connectivity index (χ0n) is 11.7. The van der Waals surface area contributed by atoms with Crippen LogP contribution in [0.3, 0.4) is 0 Å². The molecule has 0 unspecified atom stereocenters. The molecule has 2 nitrogen and oxygen atoms in total. The molecule has 0 atom stereocenters. The lowest BCUT2D eigenvalue weighted by Crippen LogP contribution is -2.07. The maximum Gasteiger partial charge on any atom is 0.122 e. The lowest BCUT2D eigenvalue weighted by Gasteiger charge is -2.10. The maximum absolute atomic E-state index is 5.46. The molecule has 0 N–H and O–H groups in total. The third kappa shape index (κ3) is 3.94. The number of nitrogens with zero attached hydrogens (tertiary/aromatic N) is 1. The Morgan fingerprint density at radius 2 is 1.75 bits per heavy atom. The third-order valence-electron chi connectivity index (χ3n) is 2.76. The second kappa shape index (κ2) is 7.25. The summed E-state index contributed by atoms with van der Waals surface area (Å²) in [7, 11) is 0. The SMILES string of the molecule is CC(C)O/N=C(\c1ccccc1)c1cccc(CBr)c1. The normalized spacial score (nSPS) is 11.7. The second-order valence-corrected chi connectivity index (χ2v) is 5.35. The molecular weight excluding hydrogens is 314 g/mol. The Morgan fingerprint density at radius 3 is 2.40 bits per heavy atom. The number of alkyl halides is 1. The van der Waals surface area contributed by atoms with Crippen molar-refractivity contribution in [3.63, 3.8) is 0 Å². The van der Waals surface area contributed by atoms with Gasteiger partial charge in [0.05, 0.1) is 0 Å². The van der Waals surface area contributed by atoms with Gasteiger partial charge in [-0.05, 0) is 25.5 Å². The molecule has 0 saturated heterocycles. The molecule has 20 heavy (non-hydrogen) atoms. The zero-order chi connectivity index (χ0) is 14.4. The Balaban J connectivity index is 2.43. The highest BCUT2D eigenvalue weighted by atomic mass is 79.9. The average molecular weight is 332 g/mol. The number of rotatable bonds is 5. The van der Waals surface area contributed by atoms with Crippen LogP contribution in [0.25, 0.3) is 0 Å². The molecule has 2 rings (SSSR count). The second-order valence-electron chi connectivity index (χ2n) is 4.79. The van der Waals surface area contributed by atoms with Crippen LogP contribution in [0.5, 0.6) is 0 Å². The molecule has 2 aromatic carbocycles. The lowest BCUT2D eigenvalue weighted by atomic mass is 10.0. The van der Waals surface area contributed by atoms with E-state index in [-0.39, 0.29) is 6.10 Å². The van der Waals surface area contributed by atoms with E-state index >= 15 is 0 Å². The number of hydrogen-bond donors (Lipinski definition) is 0. The molecule has 0 fully saturated rings. The number of halogens is 1. The first-order chi connectivity index (χ1) is 9.70. The Morgan fingerprint density at radius 1 is 1.05 bits per heavy atom. The van der Waals surface area contributed by atoms with Crippen LogP contribution in [0, 0.1) is 0 Å².